The highest BCUT2D eigenvalue weighted by atomic mass is 32.2. The van der Waals surface area contributed by atoms with Crippen molar-refractivity contribution in [3.05, 3.63) is 0 Å². The van der Waals surface area contributed by atoms with E-state index in [4.69, 9.17) is 10.8 Å². The van der Waals surface area contributed by atoms with Crippen LogP contribution in [0.25, 0.3) is 0 Å². The lowest BCUT2D eigenvalue weighted by Gasteiger charge is -2.02. The molecule has 0 rings (SSSR count). The second-order valence-corrected chi connectivity index (χ2v) is 2.71. The van der Waals surface area contributed by atoms with E-state index in [1.807, 2.05) is 6.26 Å². The summed E-state index contributed by atoms with van der Waals surface area (Å²) in [7, 11) is 1.50. The first-order chi connectivity index (χ1) is 5.18. The minimum atomic E-state index is -0.913. The molecule has 0 aliphatic rings. The monoisotopic (exact) mass is 180 g/mol. The maximum atomic E-state index is 10.1. The highest BCUT2D eigenvalue weighted by Crippen LogP contribution is 1.97. The standard InChI is InChI=1S/C5H11NO2S.CH5N/c1-9-3-2-4(6)5(7)8;1-2/h4H,2-3,6H2,1H3,(H,7,8);2H2,1H3/t4-;/m0./s1. The maximum absolute atomic E-state index is 10.1. The molecule has 0 aromatic rings. The predicted octanol–water partition coefficient (Wildman–Crippen LogP) is -0.274. The van der Waals surface area contributed by atoms with E-state index in [0.717, 1.165) is 5.75 Å². The second-order valence-electron chi connectivity index (χ2n) is 1.73. The van der Waals surface area contributed by atoms with Gasteiger partial charge >= 0.3 is 5.97 Å². The summed E-state index contributed by atoms with van der Waals surface area (Å²) in [5.74, 6) is -0.1000. The normalized spacial score (nSPS) is 11.3. The quantitative estimate of drug-likeness (QED) is 0.554. The van der Waals surface area contributed by atoms with Gasteiger partial charge in [-0.25, -0.2) is 0 Å². The van der Waals surface area contributed by atoms with E-state index in [-0.39, 0.29) is 0 Å². The second kappa shape index (κ2) is 9.74. The Hall–Kier alpha value is -0.260. The molecule has 0 bridgehead atoms. The van der Waals surface area contributed by atoms with Gasteiger partial charge in [-0.15, -0.1) is 0 Å². The molecule has 0 unspecified atom stereocenters. The Morgan fingerprint density at radius 1 is 1.64 bits per heavy atom. The average Bonchev–Trinajstić information content (AvgIpc) is 2.03. The Morgan fingerprint density at radius 2 is 2.09 bits per heavy atom. The molecule has 1 atom stereocenters. The number of hydrogen-bond donors (Lipinski definition) is 3. The van der Waals surface area contributed by atoms with Crippen molar-refractivity contribution in [3.8, 4) is 0 Å². The third-order valence-electron chi connectivity index (χ3n) is 0.950. The van der Waals surface area contributed by atoms with E-state index in [1.54, 1.807) is 11.8 Å². The van der Waals surface area contributed by atoms with Crippen LogP contribution in [0.4, 0.5) is 0 Å². The summed E-state index contributed by atoms with van der Waals surface area (Å²) in [4.78, 5) is 10.1. The SMILES string of the molecule is CN.CSCC[C@H](N)C(=O)O. The fraction of sp³-hybridized carbons (Fsp3) is 0.833. The van der Waals surface area contributed by atoms with Crippen LogP contribution in [0.2, 0.25) is 0 Å². The van der Waals surface area contributed by atoms with Gasteiger partial charge in [0, 0.05) is 0 Å². The van der Waals surface area contributed by atoms with Gasteiger partial charge in [0.05, 0.1) is 0 Å². The summed E-state index contributed by atoms with van der Waals surface area (Å²) in [5.41, 5.74) is 9.69. The van der Waals surface area contributed by atoms with Crippen LogP contribution in [-0.2, 0) is 4.79 Å². The fourth-order valence-electron chi connectivity index (χ4n) is 0.368. The number of carboxylic acid groups (broad SMARTS) is 1. The zero-order valence-electron chi connectivity index (χ0n) is 6.91. The zero-order chi connectivity index (χ0) is 9.28. The van der Waals surface area contributed by atoms with Gasteiger partial charge in [-0.3, -0.25) is 4.79 Å². The Balaban J connectivity index is 0. The van der Waals surface area contributed by atoms with Gasteiger partial charge in [0.1, 0.15) is 6.04 Å². The average molecular weight is 180 g/mol. The van der Waals surface area contributed by atoms with Gasteiger partial charge in [-0.1, -0.05) is 0 Å². The molecule has 5 N–H and O–H groups in total. The molecule has 0 amide bonds. The molecule has 0 aromatic carbocycles. The van der Waals surface area contributed by atoms with Crippen molar-refractivity contribution in [2.45, 2.75) is 12.5 Å². The summed E-state index contributed by atoms with van der Waals surface area (Å²) < 4.78 is 0. The summed E-state index contributed by atoms with van der Waals surface area (Å²) in [6, 6.07) is -0.683. The van der Waals surface area contributed by atoms with Crippen molar-refractivity contribution in [1.29, 1.82) is 0 Å². The Bertz CT molecular complexity index is 101. The molecule has 0 aromatic heterocycles. The Morgan fingerprint density at radius 3 is 2.36 bits per heavy atom. The highest BCUT2D eigenvalue weighted by molar-refractivity contribution is 7.98. The number of carboxylic acids is 1. The molecule has 0 spiro atoms. The maximum Gasteiger partial charge on any atom is 0.320 e. The molecule has 0 heterocycles. The first kappa shape index (κ1) is 13.3. The number of aliphatic carboxylic acids is 1. The van der Waals surface area contributed by atoms with E-state index >= 15 is 0 Å². The van der Waals surface area contributed by atoms with Gasteiger partial charge in [-0.05, 0) is 25.5 Å². The van der Waals surface area contributed by atoms with Crippen molar-refractivity contribution in [2.24, 2.45) is 11.5 Å². The molecule has 0 fully saturated rings. The lowest BCUT2D eigenvalue weighted by Crippen LogP contribution is -2.30. The van der Waals surface area contributed by atoms with Gasteiger partial charge in [0.15, 0.2) is 0 Å². The minimum Gasteiger partial charge on any atom is -0.480 e. The number of nitrogens with two attached hydrogens (primary N) is 2. The number of carbonyl (C=O) groups is 1. The molecule has 0 radical (unpaired) electrons. The van der Waals surface area contributed by atoms with Crippen molar-refractivity contribution in [2.75, 3.05) is 19.1 Å². The summed E-state index contributed by atoms with van der Waals surface area (Å²) in [5, 5.41) is 8.27. The van der Waals surface area contributed by atoms with Crippen molar-refractivity contribution >= 4 is 17.7 Å². The van der Waals surface area contributed by atoms with Crippen LogP contribution in [0.15, 0.2) is 0 Å². The summed E-state index contributed by atoms with van der Waals surface area (Å²) in [6.45, 7) is 0. The molecule has 0 aliphatic heterocycles. The van der Waals surface area contributed by atoms with Crippen molar-refractivity contribution in [1.82, 2.24) is 0 Å². The number of hydrogen-bond acceptors (Lipinski definition) is 4. The van der Waals surface area contributed by atoms with E-state index in [1.165, 1.54) is 7.05 Å². The predicted molar refractivity (Wildman–Crippen MR) is 48.7 cm³/mol. The summed E-state index contributed by atoms with van der Waals surface area (Å²) >= 11 is 1.60. The molecule has 0 aliphatic carbocycles. The lowest BCUT2D eigenvalue weighted by molar-refractivity contribution is -0.138. The van der Waals surface area contributed by atoms with Gasteiger partial charge < -0.3 is 16.6 Å². The van der Waals surface area contributed by atoms with Gasteiger partial charge in [-0.2, -0.15) is 11.8 Å². The molecule has 68 valence electrons. The van der Waals surface area contributed by atoms with Crippen molar-refractivity contribution < 1.29 is 9.90 Å². The van der Waals surface area contributed by atoms with Gasteiger partial charge in [0.2, 0.25) is 0 Å². The van der Waals surface area contributed by atoms with Gasteiger partial charge in [0.25, 0.3) is 0 Å². The zero-order valence-corrected chi connectivity index (χ0v) is 7.73. The van der Waals surface area contributed by atoms with Crippen LogP contribution >= 0.6 is 11.8 Å². The lowest BCUT2D eigenvalue weighted by atomic mass is 10.2. The molecule has 5 heteroatoms. The van der Waals surface area contributed by atoms with E-state index in [9.17, 15) is 4.79 Å². The van der Waals surface area contributed by atoms with Crippen LogP contribution < -0.4 is 11.5 Å². The number of rotatable bonds is 4. The van der Waals surface area contributed by atoms with Crippen LogP contribution in [0.3, 0.4) is 0 Å². The highest BCUT2D eigenvalue weighted by Gasteiger charge is 2.08. The van der Waals surface area contributed by atoms with Crippen LogP contribution in [-0.4, -0.2) is 36.2 Å². The topological polar surface area (TPSA) is 89.3 Å². The molecule has 11 heavy (non-hydrogen) atoms. The van der Waals surface area contributed by atoms with Crippen LogP contribution in [0, 0.1) is 0 Å². The first-order valence-electron chi connectivity index (χ1n) is 3.23. The molecular weight excluding hydrogens is 164 g/mol. The van der Waals surface area contributed by atoms with Crippen molar-refractivity contribution in [3.63, 3.8) is 0 Å². The molecular formula is C6H16N2O2S. The largest absolute Gasteiger partial charge is 0.480 e. The molecule has 0 saturated heterocycles. The third kappa shape index (κ3) is 9.74. The van der Waals surface area contributed by atoms with Crippen LogP contribution in [0.5, 0.6) is 0 Å². The van der Waals surface area contributed by atoms with E-state index in [0.29, 0.717) is 6.42 Å². The third-order valence-corrected chi connectivity index (χ3v) is 1.59. The van der Waals surface area contributed by atoms with E-state index in [2.05, 4.69) is 5.73 Å². The van der Waals surface area contributed by atoms with Crippen LogP contribution in [0.1, 0.15) is 6.42 Å². The fourth-order valence-corrected chi connectivity index (χ4v) is 0.858. The Labute approximate surface area is 71.3 Å². The Kier molecular flexibility index (Phi) is 11.8. The molecule has 4 nitrogen and oxygen atoms in total. The van der Waals surface area contributed by atoms with E-state index < -0.39 is 12.0 Å². The first-order valence-corrected chi connectivity index (χ1v) is 4.63. The smallest absolute Gasteiger partial charge is 0.320 e. The number of thioether (sulfide) groups is 1. The molecule has 0 saturated carbocycles. The summed E-state index contributed by atoms with van der Waals surface area (Å²) in [6.07, 6.45) is 2.48. The minimum absolute atomic E-state index is 0.552.